The van der Waals surface area contributed by atoms with Crippen molar-refractivity contribution in [3.8, 4) is 5.75 Å². The third-order valence-electron chi connectivity index (χ3n) is 7.07. The van der Waals surface area contributed by atoms with Gasteiger partial charge in [0.1, 0.15) is 11.4 Å². The average Bonchev–Trinajstić information content (AvgIpc) is 2.88. The van der Waals surface area contributed by atoms with Gasteiger partial charge in [-0.15, -0.1) is 0 Å². The molecule has 8 nitrogen and oxygen atoms in total. The number of nitrogens with zero attached hydrogens (tertiary/aromatic N) is 2. The van der Waals surface area contributed by atoms with Gasteiger partial charge >= 0.3 is 5.97 Å². The predicted octanol–water partition coefficient (Wildman–Crippen LogP) is 3.50. The standard InChI is InChI=1S/C30H29N3O5/c1-19-7-3-4-10-25(19)29(36)31-26(15-21-8-5-9-24(14-21)38-20(2)34)30(37)32-16-22-13-23(18-32)27-11-6-12-28(35)33(27)17-22/h3-12,14-15,22-23H,13,16-18H2,1-2H3,(H,31,36)/b26-15-/t22-,23+/m1/s1. The third kappa shape index (κ3) is 5.29. The molecule has 194 valence electrons. The zero-order valence-corrected chi connectivity index (χ0v) is 21.3. The van der Waals surface area contributed by atoms with Crippen molar-refractivity contribution >= 4 is 23.9 Å². The first-order valence-electron chi connectivity index (χ1n) is 12.6. The van der Waals surface area contributed by atoms with Crippen molar-refractivity contribution < 1.29 is 19.1 Å². The summed E-state index contributed by atoms with van der Waals surface area (Å²) >= 11 is 0. The molecule has 0 radical (unpaired) electrons. The van der Waals surface area contributed by atoms with Crippen LogP contribution in [0.5, 0.6) is 5.75 Å². The number of nitrogens with one attached hydrogen (secondary N) is 1. The van der Waals surface area contributed by atoms with E-state index in [0.717, 1.165) is 17.7 Å². The fraction of sp³-hybridized carbons (Fsp3) is 0.267. The number of amides is 2. The van der Waals surface area contributed by atoms with E-state index in [0.29, 0.717) is 36.5 Å². The van der Waals surface area contributed by atoms with Crippen LogP contribution in [0.15, 0.2) is 77.2 Å². The fourth-order valence-corrected chi connectivity index (χ4v) is 5.40. The van der Waals surface area contributed by atoms with Crippen molar-refractivity contribution in [2.45, 2.75) is 32.7 Å². The van der Waals surface area contributed by atoms with E-state index in [1.54, 1.807) is 59.5 Å². The first-order valence-corrected chi connectivity index (χ1v) is 12.6. The smallest absolute Gasteiger partial charge is 0.308 e. The van der Waals surface area contributed by atoms with Crippen LogP contribution in [0, 0.1) is 12.8 Å². The number of aryl methyl sites for hydroxylation is 1. The van der Waals surface area contributed by atoms with Gasteiger partial charge in [0.15, 0.2) is 0 Å². The number of esters is 1. The molecule has 2 bridgehead atoms. The molecule has 38 heavy (non-hydrogen) atoms. The molecule has 8 heteroatoms. The first-order chi connectivity index (χ1) is 18.3. The van der Waals surface area contributed by atoms with Gasteiger partial charge in [-0.05, 0) is 60.7 Å². The maximum atomic E-state index is 13.9. The minimum absolute atomic E-state index is 0.0179. The zero-order valence-electron chi connectivity index (χ0n) is 21.3. The highest BCUT2D eigenvalue weighted by Crippen LogP contribution is 2.35. The highest BCUT2D eigenvalue weighted by molar-refractivity contribution is 6.05. The van der Waals surface area contributed by atoms with Gasteiger partial charge in [0.25, 0.3) is 17.4 Å². The largest absolute Gasteiger partial charge is 0.427 e. The number of benzene rings is 2. The van der Waals surface area contributed by atoms with Gasteiger partial charge < -0.3 is 19.5 Å². The van der Waals surface area contributed by atoms with Crippen LogP contribution in [0.4, 0.5) is 0 Å². The second-order valence-electron chi connectivity index (χ2n) is 9.90. The molecule has 2 aliphatic heterocycles. The monoisotopic (exact) mass is 511 g/mol. The summed E-state index contributed by atoms with van der Waals surface area (Å²) in [4.78, 5) is 52.7. The zero-order chi connectivity index (χ0) is 26.8. The van der Waals surface area contributed by atoms with E-state index in [-0.39, 0.29) is 34.9 Å². The summed E-state index contributed by atoms with van der Waals surface area (Å²) in [6, 6.07) is 19.3. The molecule has 0 spiro atoms. The summed E-state index contributed by atoms with van der Waals surface area (Å²) in [5.74, 6) is -0.599. The molecular formula is C30H29N3O5. The number of carbonyl (C=O) groups is 3. The molecule has 1 saturated heterocycles. The topological polar surface area (TPSA) is 97.7 Å². The van der Waals surface area contributed by atoms with Gasteiger partial charge in [-0.25, -0.2) is 0 Å². The highest BCUT2D eigenvalue weighted by Gasteiger charge is 2.37. The Hall–Kier alpha value is -4.46. The molecular weight excluding hydrogens is 482 g/mol. The summed E-state index contributed by atoms with van der Waals surface area (Å²) in [5.41, 5.74) is 2.92. The Balaban J connectivity index is 1.47. The SMILES string of the molecule is CC(=O)Oc1cccc(/C=C(\NC(=O)c2ccccc2C)C(=O)N2C[C@H]3C[C@@H](C2)c2cccc(=O)n2C3)c1. The number of aromatic nitrogens is 1. The van der Waals surface area contributed by atoms with E-state index >= 15 is 0 Å². The Morgan fingerprint density at radius 3 is 2.55 bits per heavy atom. The number of hydrogen-bond acceptors (Lipinski definition) is 5. The van der Waals surface area contributed by atoms with Gasteiger partial charge in [-0.3, -0.25) is 19.2 Å². The minimum atomic E-state index is -0.450. The summed E-state index contributed by atoms with van der Waals surface area (Å²) in [7, 11) is 0. The number of piperidine rings is 1. The summed E-state index contributed by atoms with van der Waals surface area (Å²) in [6.45, 7) is 4.66. The Morgan fingerprint density at radius 2 is 1.76 bits per heavy atom. The normalized spacial score (nSPS) is 18.4. The molecule has 2 atom stereocenters. The van der Waals surface area contributed by atoms with Gasteiger partial charge in [0, 0.05) is 49.8 Å². The molecule has 0 saturated carbocycles. The van der Waals surface area contributed by atoms with Gasteiger partial charge in [0.05, 0.1) is 0 Å². The Bertz CT molecular complexity index is 1510. The lowest BCUT2D eigenvalue weighted by Gasteiger charge is -2.43. The molecule has 1 N–H and O–H groups in total. The van der Waals surface area contributed by atoms with Crippen molar-refractivity contribution in [1.82, 2.24) is 14.8 Å². The number of ether oxygens (including phenoxy) is 1. The van der Waals surface area contributed by atoms with E-state index in [1.165, 1.54) is 6.92 Å². The van der Waals surface area contributed by atoms with Gasteiger partial charge in [0.2, 0.25) is 0 Å². The summed E-state index contributed by atoms with van der Waals surface area (Å²) in [6.07, 6.45) is 2.51. The fourth-order valence-electron chi connectivity index (χ4n) is 5.40. The lowest BCUT2D eigenvalue weighted by Crippen LogP contribution is -2.50. The molecule has 3 aromatic rings. The van der Waals surface area contributed by atoms with Crippen molar-refractivity contribution in [3.05, 3.63) is 105 Å². The van der Waals surface area contributed by atoms with E-state index in [2.05, 4.69) is 5.32 Å². The molecule has 5 rings (SSSR count). The molecule has 3 heterocycles. The number of pyridine rings is 1. The third-order valence-corrected chi connectivity index (χ3v) is 7.07. The maximum Gasteiger partial charge on any atom is 0.308 e. The van der Waals surface area contributed by atoms with Crippen LogP contribution >= 0.6 is 0 Å². The molecule has 2 amide bonds. The van der Waals surface area contributed by atoms with Crippen molar-refractivity contribution in [3.63, 3.8) is 0 Å². The quantitative estimate of drug-likeness (QED) is 0.321. The maximum absolute atomic E-state index is 13.9. The number of likely N-dealkylation sites (tertiary alicyclic amines) is 1. The molecule has 0 aliphatic carbocycles. The van der Waals surface area contributed by atoms with Crippen LogP contribution in [-0.4, -0.2) is 40.3 Å². The second kappa shape index (κ2) is 10.5. The molecule has 1 aromatic heterocycles. The number of carbonyl (C=O) groups excluding carboxylic acids is 3. The number of fused-ring (bicyclic) bond motifs is 4. The molecule has 2 aliphatic rings. The number of rotatable bonds is 5. The Labute approximate surface area is 220 Å². The second-order valence-corrected chi connectivity index (χ2v) is 9.90. The van der Waals surface area contributed by atoms with Crippen LogP contribution in [-0.2, 0) is 16.1 Å². The van der Waals surface area contributed by atoms with Crippen LogP contribution in [0.3, 0.4) is 0 Å². The van der Waals surface area contributed by atoms with Crippen LogP contribution in [0.2, 0.25) is 0 Å². The lowest BCUT2D eigenvalue weighted by atomic mass is 9.83. The van der Waals surface area contributed by atoms with E-state index < -0.39 is 5.97 Å². The number of hydrogen-bond donors (Lipinski definition) is 1. The van der Waals surface area contributed by atoms with Crippen molar-refractivity contribution in [2.24, 2.45) is 5.92 Å². The van der Waals surface area contributed by atoms with E-state index in [1.807, 2.05) is 29.7 Å². The lowest BCUT2D eigenvalue weighted by molar-refractivity contribution is -0.132. The predicted molar refractivity (Wildman–Crippen MR) is 143 cm³/mol. The summed E-state index contributed by atoms with van der Waals surface area (Å²) < 4.78 is 7.01. The van der Waals surface area contributed by atoms with Crippen molar-refractivity contribution in [2.75, 3.05) is 13.1 Å². The average molecular weight is 512 g/mol. The minimum Gasteiger partial charge on any atom is -0.427 e. The molecule has 1 fully saturated rings. The van der Waals surface area contributed by atoms with Crippen LogP contribution < -0.4 is 15.6 Å². The van der Waals surface area contributed by atoms with Crippen LogP contribution in [0.1, 0.15) is 46.4 Å². The highest BCUT2D eigenvalue weighted by atomic mass is 16.5. The van der Waals surface area contributed by atoms with Gasteiger partial charge in [-0.1, -0.05) is 36.4 Å². The Morgan fingerprint density at radius 1 is 0.974 bits per heavy atom. The van der Waals surface area contributed by atoms with Crippen molar-refractivity contribution in [1.29, 1.82) is 0 Å². The first kappa shape index (κ1) is 25.2. The Kier molecular flexibility index (Phi) is 6.96. The van der Waals surface area contributed by atoms with Crippen LogP contribution in [0.25, 0.3) is 6.08 Å². The van der Waals surface area contributed by atoms with Gasteiger partial charge in [-0.2, -0.15) is 0 Å². The molecule has 0 unspecified atom stereocenters. The van der Waals surface area contributed by atoms with E-state index in [9.17, 15) is 19.2 Å². The molecule has 2 aromatic carbocycles. The van der Waals surface area contributed by atoms with E-state index in [4.69, 9.17) is 4.74 Å². The summed E-state index contributed by atoms with van der Waals surface area (Å²) in [5, 5.41) is 2.84.